The smallest absolute Gasteiger partial charge is 0.372 e. The Morgan fingerprint density at radius 1 is 0.517 bits per heavy atom. The van der Waals surface area contributed by atoms with Crippen LogP contribution in [0.3, 0.4) is 0 Å². The molecule has 0 aromatic heterocycles. The van der Waals surface area contributed by atoms with Crippen molar-refractivity contribution in [1.29, 1.82) is 0 Å². The van der Waals surface area contributed by atoms with Crippen molar-refractivity contribution in [3.8, 4) is 0 Å². The Balaban J connectivity index is 1.13. The van der Waals surface area contributed by atoms with Crippen LogP contribution in [0.2, 0.25) is 12.1 Å². The molecule has 0 unspecified atom stereocenters. The fraction of sp³-hybridized carbons (Fsp3) is 1.00. The average Bonchev–Trinajstić information content (AvgIpc) is 2.61. The molecular weight excluding hydrogens is 410 g/mol. The van der Waals surface area contributed by atoms with Gasteiger partial charge >= 0.3 is 17.6 Å². The predicted octanol–water partition coefficient (Wildman–Crippen LogP) is -0.00800. The van der Waals surface area contributed by atoms with Crippen molar-refractivity contribution >= 4 is 17.6 Å². The Labute approximate surface area is 176 Å². The first-order valence-corrected chi connectivity index (χ1v) is 15.1. The van der Waals surface area contributed by atoms with E-state index in [1.54, 1.807) is 0 Å². The van der Waals surface area contributed by atoms with E-state index < -0.39 is 17.6 Å². The molecule has 6 rings (SSSR count). The van der Waals surface area contributed by atoms with Gasteiger partial charge in [-0.3, -0.25) is 9.80 Å². The van der Waals surface area contributed by atoms with Gasteiger partial charge in [0.15, 0.2) is 0 Å². The quantitative estimate of drug-likeness (QED) is 0.408. The predicted molar refractivity (Wildman–Crippen MR) is 112 cm³/mol. The summed E-state index contributed by atoms with van der Waals surface area (Å²) in [5.74, 6) is 0. The van der Waals surface area contributed by atoms with Crippen molar-refractivity contribution in [3.05, 3.63) is 0 Å². The third-order valence-corrected chi connectivity index (χ3v) is 11.8. The first-order valence-electron chi connectivity index (χ1n) is 11.3. The van der Waals surface area contributed by atoms with Gasteiger partial charge in [0.1, 0.15) is 0 Å². The van der Waals surface area contributed by atoms with Gasteiger partial charge in [0.25, 0.3) is 0 Å². The molecule has 0 saturated carbocycles. The maximum absolute atomic E-state index is 6.09. The van der Waals surface area contributed by atoms with Crippen LogP contribution in [0.25, 0.3) is 0 Å². The largest absolute Gasteiger partial charge is 0.501 e. The third-order valence-electron chi connectivity index (χ3n) is 6.05. The van der Waals surface area contributed by atoms with Crippen LogP contribution in [0, 0.1) is 0 Å². The van der Waals surface area contributed by atoms with Crippen LogP contribution in [-0.4, -0.2) is 119 Å². The second-order valence-corrected chi connectivity index (χ2v) is 13.6. The number of fused-ring (bicyclic) bond motifs is 12. The Morgan fingerprint density at radius 2 is 0.828 bits per heavy atom. The third kappa shape index (κ3) is 6.53. The monoisotopic (exact) mass is 447 g/mol. The lowest BCUT2D eigenvalue weighted by Crippen LogP contribution is -2.55. The fourth-order valence-electron chi connectivity index (χ4n) is 4.32. The van der Waals surface area contributed by atoms with Gasteiger partial charge in [-0.15, -0.1) is 0 Å². The second-order valence-electron chi connectivity index (χ2n) is 8.10. The first-order chi connectivity index (χ1) is 14.3. The van der Waals surface area contributed by atoms with E-state index in [4.69, 9.17) is 26.6 Å². The van der Waals surface area contributed by atoms with Gasteiger partial charge in [0.05, 0.1) is 39.6 Å². The van der Waals surface area contributed by atoms with E-state index in [0.717, 1.165) is 117 Å². The van der Waals surface area contributed by atoms with Gasteiger partial charge in [-0.2, -0.15) is 0 Å². The van der Waals surface area contributed by atoms with Gasteiger partial charge in [0.2, 0.25) is 0 Å². The van der Waals surface area contributed by atoms with Crippen LogP contribution in [0.15, 0.2) is 0 Å². The molecule has 0 radical (unpaired) electrons. The van der Waals surface area contributed by atoms with E-state index in [-0.39, 0.29) is 0 Å². The Hall–Kier alpha value is 0.0738. The highest BCUT2D eigenvalue weighted by Gasteiger charge is 2.44. The van der Waals surface area contributed by atoms with Crippen molar-refractivity contribution in [2.45, 2.75) is 24.9 Å². The average molecular weight is 448 g/mol. The van der Waals surface area contributed by atoms with Crippen LogP contribution < -0.4 is 5.32 Å². The van der Waals surface area contributed by atoms with Crippen LogP contribution in [0.1, 0.15) is 12.8 Å². The lowest BCUT2D eigenvalue weighted by atomic mass is 10.4. The highest BCUT2D eigenvalue weighted by Crippen LogP contribution is 2.23. The normalized spacial score (nSPS) is 38.5. The lowest BCUT2D eigenvalue weighted by Gasteiger charge is -2.38. The number of rotatable bonds is 8. The number of hydrogen-bond acceptors (Lipinski definition) is 9. The van der Waals surface area contributed by atoms with Crippen molar-refractivity contribution in [2.24, 2.45) is 0 Å². The molecule has 6 heterocycles. The zero-order valence-corrected chi connectivity index (χ0v) is 19.6. The van der Waals surface area contributed by atoms with E-state index >= 15 is 0 Å². The molecule has 0 aromatic rings. The van der Waals surface area contributed by atoms with Gasteiger partial charge < -0.3 is 31.9 Å². The standard InChI is InChI=1S/C18H37N3O6Si2/c1(17-28-22-11-5-20(6-12-23-28)7-13-24-28)3-19-4-2-18-29-25-14-8-21(9-15-26-29)10-16-27-29/h19H,1-18H2. The van der Waals surface area contributed by atoms with Crippen LogP contribution in [-0.2, 0) is 26.6 Å². The van der Waals surface area contributed by atoms with Gasteiger partial charge in [-0.1, -0.05) is 0 Å². The minimum Gasteiger partial charge on any atom is -0.372 e. The molecular formula is C18H37N3O6Si2. The van der Waals surface area contributed by atoms with Crippen LogP contribution in [0.5, 0.6) is 0 Å². The maximum Gasteiger partial charge on any atom is 0.501 e. The summed E-state index contributed by atoms with van der Waals surface area (Å²) in [6, 6.07) is 1.79. The summed E-state index contributed by atoms with van der Waals surface area (Å²) in [6.07, 6.45) is 2.02. The van der Waals surface area contributed by atoms with E-state index in [1.807, 2.05) is 0 Å². The van der Waals surface area contributed by atoms with Gasteiger partial charge in [0, 0.05) is 51.4 Å². The molecule has 6 fully saturated rings. The van der Waals surface area contributed by atoms with Crippen molar-refractivity contribution in [2.75, 3.05) is 92.0 Å². The highest BCUT2D eigenvalue weighted by molar-refractivity contribution is 6.61. The fourth-order valence-corrected chi connectivity index (χ4v) is 9.32. The van der Waals surface area contributed by atoms with Crippen molar-refractivity contribution in [3.63, 3.8) is 0 Å². The molecule has 4 bridgehead atoms. The summed E-state index contributed by atoms with van der Waals surface area (Å²) in [4.78, 5) is 4.70. The summed E-state index contributed by atoms with van der Waals surface area (Å²) in [6.45, 7) is 12.2. The minimum atomic E-state index is -2.48. The summed E-state index contributed by atoms with van der Waals surface area (Å²) in [7, 11) is -4.95. The number of nitrogens with one attached hydrogen (secondary N) is 1. The van der Waals surface area contributed by atoms with Gasteiger partial charge in [-0.25, -0.2) is 0 Å². The van der Waals surface area contributed by atoms with E-state index in [0.29, 0.717) is 0 Å². The lowest BCUT2D eigenvalue weighted by molar-refractivity contribution is -0.00873. The van der Waals surface area contributed by atoms with Crippen molar-refractivity contribution in [1.82, 2.24) is 15.1 Å². The van der Waals surface area contributed by atoms with Crippen molar-refractivity contribution < 1.29 is 26.6 Å². The number of nitrogens with zero attached hydrogens (tertiary/aromatic N) is 2. The Morgan fingerprint density at radius 3 is 1.14 bits per heavy atom. The topological polar surface area (TPSA) is 73.9 Å². The minimum absolute atomic E-state index is 0.726. The Bertz CT molecular complexity index is 411. The molecule has 9 nitrogen and oxygen atoms in total. The van der Waals surface area contributed by atoms with E-state index in [2.05, 4.69) is 15.1 Å². The SMILES string of the molecule is C(CNCCC[Si]12OCCN(CCO1)CCO2)C[Si]12OCCN(CCO1)CCO2. The van der Waals surface area contributed by atoms with Gasteiger partial charge in [-0.05, 0) is 25.9 Å². The molecule has 0 aliphatic carbocycles. The first kappa shape index (κ1) is 22.3. The summed E-state index contributed by atoms with van der Waals surface area (Å²) >= 11 is 0. The molecule has 6 aliphatic heterocycles. The molecule has 11 heteroatoms. The molecule has 6 saturated heterocycles. The molecule has 29 heavy (non-hydrogen) atoms. The zero-order chi connectivity index (χ0) is 19.8. The second kappa shape index (κ2) is 11.1. The molecule has 0 aromatic carbocycles. The maximum atomic E-state index is 6.09. The molecule has 6 aliphatic rings. The molecule has 0 atom stereocenters. The Kier molecular flexibility index (Phi) is 8.52. The van der Waals surface area contributed by atoms with E-state index in [1.165, 1.54) is 0 Å². The van der Waals surface area contributed by atoms with Crippen LogP contribution in [0.4, 0.5) is 0 Å². The summed E-state index contributed by atoms with van der Waals surface area (Å²) in [5, 5.41) is 3.55. The highest BCUT2D eigenvalue weighted by atomic mass is 28.4. The molecule has 0 spiro atoms. The number of hydrogen-bond donors (Lipinski definition) is 1. The molecule has 0 amide bonds. The molecule has 168 valence electrons. The molecule has 1 N–H and O–H groups in total. The summed E-state index contributed by atoms with van der Waals surface area (Å²) < 4.78 is 36.6. The summed E-state index contributed by atoms with van der Waals surface area (Å²) in [5.41, 5.74) is 0. The zero-order valence-electron chi connectivity index (χ0n) is 17.6. The van der Waals surface area contributed by atoms with E-state index in [9.17, 15) is 0 Å². The van der Waals surface area contributed by atoms with Crippen LogP contribution >= 0.6 is 0 Å².